The van der Waals surface area contributed by atoms with Gasteiger partial charge < -0.3 is 10.5 Å². The number of alkyl halides is 3. The fourth-order valence-electron chi connectivity index (χ4n) is 0.343. The maximum absolute atomic E-state index is 12.2. The summed E-state index contributed by atoms with van der Waals surface area (Å²) < 4.78 is 28.5. The molecule has 0 spiro atoms. The molecule has 0 aromatic heterocycles. The third-order valence-corrected chi connectivity index (χ3v) is 1.47. The highest BCUT2D eigenvalue weighted by molar-refractivity contribution is 9.09. The second-order valence-electron chi connectivity index (χ2n) is 1.76. The van der Waals surface area contributed by atoms with Crippen molar-refractivity contribution in [3.05, 3.63) is 0 Å². The van der Waals surface area contributed by atoms with Gasteiger partial charge in [0, 0.05) is 0 Å². The van der Waals surface area contributed by atoms with E-state index in [2.05, 4.69) is 20.7 Å². The minimum absolute atomic E-state index is 0. The van der Waals surface area contributed by atoms with Gasteiger partial charge in [0.05, 0.1) is 11.9 Å². The number of hydrogen-bond acceptors (Lipinski definition) is 2. The lowest BCUT2D eigenvalue weighted by Crippen LogP contribution is -2.23. The molecular formula is C5H11BrClF2NO. The highest BCUT2D eigenvalue weighted by Crippen LogP contribution is 2.17. The van der Waals surface area contributed by atoms with Gasteiger partial charge >= 0.3 is 6.11 Å². The van der Waals surface area contributed by atoms with Crippen LogP contribution in [0.4, 0.5) is 8.78 Å². The maximum Gasteiger partial charge on any atom is 0.365 e. The van der Waals surface area contributed by atoms with Crippen LogP contribution >= 0.6 is 28.3 Å². The largest absolute Gasteiger partial charge is 0.365 e. The molecule has 11 heavy (non-hydrogen) atoms. The molecule has 0 radical (unpaired) electrons. The number of hydrogen-bond donors (Lipinski definition) is 1. The van der Waals surface area contributed by atoms with Crippen molar-refractivity contribution in [3.8, 4) is 0 Å². The van der Waals surface area contributed by atoms with Crippen molar-refractivity contribution in [2.24, 2.45) is 5.73 Å². The average Bonchev–Trinajstić information content (AvgIpc) is 1.89. The van der Waals surface area contributed by atoms with Crippen LogP contribution in [0.3, 0.4) is 0 Å². The molecule has 0 aliphatic heterocycles. The number of nitrogens with two attached hydrogens (primary N) is 1. The first-order valence-electron chi connectivity index (χ1n) is 2.90. The standard InChI is InChI=1S/C5H10BrF2NO.ClH/c6-4-5(7,8)10-3-1-2-9;/h1-4,9H2;1H. The molecule has 0 aliphatic rings. The second-order valence-corrected chi connectivity index (χ2v) is 2.32. The van der Waals surface area contributed by atoms with Gasteiger partial charge in [-0.15, -0.1) is 12.4 Å². The molecule has 0 heterocycles. The number of rotatable bonds is 5. The zero-order valence-corrected chi connectivity index (χ0v) is 8.26. The Kier molecular flexibility index (Phi) is 9.24. The molecular weight excluding hydrogens is 243 g/mol. The van der Waals surface area contributed by atoms with Crippen molar-refractivity contribution in [2.75, 3.05) is 18.5 Å². The Hall–Kier alpha value is 0.550. The van der Waals surface area contributed by atoms with Gasteiger partial charge in [-0.2, -0.15) is 8.78 Å². The molecule has 0 aromatic carbocycles. The van der Waals surface area contributed by atoms with Crippen LogP contribution in [0, 0.1) is 0 Å². The smallest absolute Gasteiger partial charge is 0.330 e. The van der Waals surface area contributed by atoms with Crippen LogP contribution in [0.1, 0.15) is 6.42 Å². The molecule has 0 bridgehead atoms. The van der Waals surface area contributed by atoms with E-state index in [1.165, 1.54) is 0 Å². The molecule has 0 saturated carbocycles. The Morgan fingerprint density at radius 3 is 2.36 bits per heavy atom. The maximum atomic E-state index is 12.2. The van der Waals surface area contributed by atoms with Gasteiger partial charge in [0.1, 0.15) is 0 Å². The first-order valence-corrected chi connectivity index (χ1v) is 4.02. The third kappa shape index (κ3) is 8.46. The monoisotopic (exact) mass is 253 g/mol. The van der Waals surface area contributed by atoms with E-state index >= 15 is 0 Å². The summed E-state index contributed by atoms with van der Waals surface area (Å²) in [5, 5.41) is -0.468. The van der Waals surface area contributed by atoms with Crippen LogP contribution < -0.4 is 5.73 Å². The molecule has 0 atom stereocenters. The number of ether oxygens (including phenoxy) is 1. The average molecular weight is 255 g/mol. The highest BCUT2D eigenvalue weighted by Gasteiger charge is 2.27. The third-order valence-electron chi connectivity index (χ3n) is 0.817. The van der Waals surface area contributed by atoms with E-state index in [4.69, 9.17) is 5.73 Å². The van der Waals surface area contributed by atoms with Gasteiger partial charge in [-0.3, -0.25) is 0 Å². The lowest BCUT2D eigenvalue weighted by atomic mass is 10.5. The van der Waals surface area contributed by atoms with Crippen LogP contribution in [-0.2, 0) is 4.74 Å². The highest BCUT2D eigenvalue weighted by atomic mass is 79.9. The summed E-state index contributed by atoms with van der Waals surface area (Å²) in [4.78, 5) is 0. The summed E-state index contributed by atoms with van der Waals surface area (Å²) in [7, 11) is 0. The molecule has 0 saturated heterocycles. The van der Waals surface area contributed by atoms with Crippen LogP contribution in [0.25, 0.3) is 0 Å². The van der Waals surface area contributed by atoms with Crippen LogP contribution in [0.5, 0.6) is 0 Å². The summed E-state index contributed by atoms with van der Waals surface area (Å²) in [5.41, 5.74) is 5.06. The lowest BCUT2D eigenvalue weighted by molar-refractivity contribution is -0.219. The molecule has 0 rings (SSSR count). The Morgan fingerprint density at radius 2 is 2.00 bits per heavy atom. The molecule has 70 valence electrons. The minimum atomic E-state index is -3.05. The summed E-state index contributed by atoms with van der Waals surface area (Å²) >= 11 is 2.62. The Morgan fingerprint density at radius 1 is 1.45 bits per heavy atom. The van der Waals surface area contributed by atoms with Gasteiger partial charge in [-0.05, 0) is 13.0 Å². The van der Waals surface area contributed by atoms with E-state index in [0.717, 1.165) is 0 Å². The van der Waals surface area contributed by atoms with Crippen molar-refractivity contribution in [1.82, 2.24) is 0 Å². The molecule has 2 nitrogen and oxygen atoms in total. The Bertz CT molecular complexity index is 96.6. The van der Waals surface area contributed by atoms with Gasteiger partial charge in [0.15, 0.2) is 0 Å². The van der Waals surface area contributed by atoms with Gasteiger partial charge in [-0.25, -0.2) is 0 Å². The second kappa shape index (κ2) is 7.21. The van der Waals surface area contributed by atoms with Crippen LogP contribution in [0.2, 0.25) is 0 Å². The molecule has 6 heteroatoms. The van der Waals surface area contributed by atoms with E-state index < -0.39 is 11.4 Å². The zero-order chi connectivity index (χ0) is 8.04. The van der Waals surface area contributed by atoms with E-state index in [1.807, 2.05) is 0 Å². The summed E-state index contributed by atoms with van der Waals surface area (Å²) in [6, 6.07) is 0. The van der Waals surface area contributed by atoms with E-state index in [-0.39, 0.29) is 19.0 Å². The van der Waals surface area contributed by atoms with E-state index in [9.17, 15) is 8.78 Å². The lowest BCUT2D eigenvalue weighted by Gasteiger charge is -2.12. The predicted octanol–water partition coefficient (Wildman–Crippen LogP) is 1.76. The van der Waals surface area contributed by atoms with Crippen molar-refractivity contribution < 1.29 is 13.5 Å². The fraction of sp³-hybridized carbons (Fsp3) is 1.00. The molecule has 0 unspecified atom stereocenters. The Balaban J connectivity index is 0. The van der Waals surface area contributed by atoms with Crippen LogP contribution in [-0.4, -0.2) is 24.6 Å². The quantitative estimate of drug-likeness (QED) is 0.599. The number of halogens is 4. The van der Waals surface area contributed by atoms with Gasteiger partial charge in [0.2, 0.25) is 0 Å². The minimum Gasteiger partial charge on any atom is -0.330 e. The topological polar surface area (TPSA) is 35.2 Å². The van der Waals surface area contributed by atoms with Gasteiger partial charge in [-0.1, -0.05) is 15.9 Å². The summed E-state index contributed by atoms with van der Waals surface area (Å²) in [6.45, 7) is 0.382. The normalized spacial score (nSPS) is 10.9. The van der Waals surface area contributed by atoms with Crippen molar-refractivity contribution in [2.45, 2.75) is 12.5 Å². The summed E-state index contributed by atoms with van der Waals surface area (Å²) in [6.07, 6.45) is -2.59. The molecule has 0 amide bonds. The molecule has 2 N–H and O–H groups in total. The first-order chi connectivity index (χ1) is 4.62. The fourth-order valence-corrected chi connectivity index (χ4v) is 0.505. The molecule has 0 fully saturated rings. The van der Waals surface area contributed by atoms with Crippen molar-refractivity contribution in [3.63, 3.8) is 0 Å². The zero-order valence-electron chi connectivity index (χ0n) is 5.86. The van der Waals surface area contributed by atoms with E-state index in [1.54, 1.807) is 0 Å². The SMILES string of the molecule is Cl.NCCCOC(F)(F)CBr. The molecule has 0 aromatic rings. The van der Waals surface area contributed by atoms with E-state index in [0.29, 0.717) is 13.0 Å². The van der Waals surface area contributed by atoms with Crippen molar-refractivity contribution >= 4 is 28.3 Å². The van der Waals surface area contributed by atoms with Crippen LogP contribution in [0.15, 0.2) is 0 Å². The first kappa shape index (κ1) is 14.1. The molecule has 0 aliphatic carbocycles. The Labute approximate surface area is 79.0 Å². The summed E-state index contributed by atoms with van der Waals surface area (Å²) in [5.74, 6) is 0. The van der Waals surface area contributed by atoms with Gasteiger partial charge in [0.25, 0.3) is 0 Å². The predicted molar refractivity (Wildman–Crippen MR) is 45.6 cm³/mol. The van der Waals surface area contributed by atoms with Crippen molar-refractivity contribution in [1.29, 1.82) is 0 Å².